The van der Waals surface area contributed by atoms with Gasteiger partial charge < -0.3 is 10.4 Å². The van der Waals surface area contributed by atoms with Crippen LogP contribution in [0.4, 0.5) is 10.1 Å². The number of rotatable bonds is 6. The zero-order chi connectivity index (χ0) is 13.8. The third-order valence-corrected chi connectivity index (χ3v) is 3.44. The van der Waals surface area contributed by atoms with E-state index < -0.39 is 21.9 Å². The van der Waals surface area contributed by atoms with E-state index in [4.69, 9.17) is 5.14 Å². The third-order valence-electron chi connectivity index (χ3n) is 2.53. The Kier molecular flexibility index (Phi) is 5.06. The monoisotopic (exact) mass is 276 g/mol. The predicted octanol–water partition coefficient (Wildman–Crippen LogP) is 1.05. The minimum absolute atomic E-state index is 0.186. The Bertz CT molecular complexity index is 505. The number of anilines is 1. The van der Waals surface area contributed by atoms with Crippen LogP contribution in [0.2, 0.25) is 0 Å². The second-order valence-corrected chi connectivity index (χ2v) is 5.53. The van der Waals surface area contributed by atoms with E-state index in [2.05, 4.69) is 5.32 Å². The second-order valence-electron chi connectivity index (χ2n) is 3.96. The van der Waals surface area contributed by atoms with Crippen LogP contribution in [0.5, 0.6) is 0 Å². The molecule has 0 bridgehead atoms. The van der Waals surface area contributed by atoms with E-state index in [9.17, 15) is 17.9 Å². The van der Waals surface area contributed by atoms with E-state index in [1.165, 1.54) is 12.1 Å². The van der Waals surface area contributed by atoms with Crippen molar-refractivity contribution in [3.05, 3.63) is 24.0 Å². The van der Waals surface area contributed by atoms with E-state index in [-0.39, 0.29) is 10.6 Å². The molecule has 1 atom stereocenters. The van der Waals surface area contributed by atoms with Crippen molar-refractivity contribution in [2.45, 2.75) is 30.8 Å². The van der Waals surface area contributed by atoms with Gasteiger partial charge in [-0.15, -0.1) is 0 Å². The lowest BCUT2D eigenvalue weighted by Gasteiger charge is -2.11. The number of nitrogens with one attached hydrogen (secondary N) is 1. The van der Waals surface area contributed by atoms with Gasteiger partial charge in [0, 0.05) is 6.54 Å². The molecule has 18 heavy (non-hydrogen) atoms. The van der Waals surface area contributed by atoms with E-state index in [0.717, 1.165) is 6.07 Å². The zero-order valence-electron chi connectivity index (χ0n) is 10.1. The molecule has 0 fully saturated rings. The van der Waals surface area contributed by atoms with E-state index in [1.807, 2.05) is 6.92 Å². The molecule has 1 unspecified atom stereocenters. The van der Waals surface area contributed by atoms with Crippen molar-refractivity contribution in [2.24, 2.45) is 5.14 Å². The van der Waals surface area contributed by atoms with Gasteiger partial charge in [-0.3, -0.25) is 0 Å². The molecule has 7 heteroatoms. The number of nitrogens with two attached hydrogens (primary N) is 1. The van der Waals surface area contributed by atoms with Crippen LogP contribution in [0.1, 0.15) is 19.8 Å². The lowest BCUT2D eigenvalue weighted by molar-refractivity contribution is 0.164. The van der Waals surface area contributed by atoms with Gasteiger partial charge >= 0.3 is 0 Å². The molecular formula is C11H17FN2O3S. The normalized spacial score (nSPS) is 13.3. The maximum atomic E-state index is 13.5. The molecule has 0 amide bonds. The minimum Gasteiger partial charge on any atom is -0.393 e. The highest BCUT2D eigenvalue weighted by Crippen LogP contribution is 2.18. The molecule has 0 aromatic heterocycles. The Balaban J connectivity index is 2.69. The van der Waals surface area contributed by atoms with Gasteiger partial charge in [0.25, 0.3) is 0 Å². The molecule has 0 saturated carbocycles. The number of sulfonamides is 1. The first-order chi connectivity index (χ1) is 8.34. The number of hydrogen-bond acceptors (Lipinski definition) is 4. The Hall–Kier alpha value is -1.18. The smallest absolute Gasteiger partial charge is 0.238 e. The minimum atomic E-state index is -3.89. The number of aliphatic hydroxyl groups is 1. The molecule has 0 aliphatic carbocycles. The fourth-order valence-corrected chi connectivity index (χ4v) is 1.92. The number of hydrogen-bond donors (Lipinski definition) is 3. The number of benzene rings is 1. The number of primary sulfonamides is 1. The fraction of sp³-hybridized carbons (Fsp3) is 0.455. The topological polar surface area (TPSA) is 92.4 Å². The standard InChI is InChI=1S/C11H17FN2O3S/c1-2-8(15)5-6-14-11-4-3-9(7-10(11)12)18(13,16)17/h3-4,7-8,14-15H,2,5-6H2,1H3,(H2,13,16,17). The molecule has 1 rings (SSSR count). The van der Waals surface area contributed by atoms with Crippen molar-refractivity contribution in [1.82, 2.24) is 0 Å². The molecule has 0 aliphatic heterocycles. The molecule has 4 N–H and O–H groups in total. The Morgan fingerprint density at radius 1 is 1.50 bits per heavy atom. The number of aliphatic hydroxyl groups excluding tert-OH is 1. The van der Waals surface area contributed by atoms with E-state index in [1.54, 1.807) is 0 Å². The van der Waals surface area contributed by atoms with Crippen LogP contribution in [-0.2, 0) is 10.0 Å². The summed E-state index contributed by atoms with van der Waals surface area (Å²) in [5, 5.41) is 17.0. The summed E-state index contributed by atoms with van der Waals surface area (Å²) >= 11 is 0. The highest BCUT2D eigenvalue weighted by molar-refractivity contribution is 7.89. The number of halogens is 1. The average Bonchev–Trinajstić information content (AvgIpc) is 2.29. The van der Waals surface area contributed by atoms with Gasteiger partial charge in [-0.1, -0.05) is 6.92 Å². The summed E-state index contributed by atoms with van der Waals surface area (Å²) in [6, 6.07) is 3.41. The molecule has 0 heterocycles. The first kappa shape index (κ1) is 14.9. The molecule has 0 saturated heterocycles. The van der Waals surface area contributed by atoms with Crippen LogP contribution in [0, 0.1) is 5.82 Å². The van der Waals surface area contributed by atoms with Crippen molar-refractivity contribution in [3.63, 3.8) is 0 Å². The van der Waals surface area contributed by atoms with Gasteiger partial charge in [-0.25, -0.2) is 17.9 Å². The third kappa shape index (κ3) is 4.25. The molecule has 102 valence electrons. The van der Waals surface area contributed by atoms with Crippen molar-refractivity contribution in [3.8, 4) is 0 Å². The summed E-state index contributed by atoms with van der Waals surface area (Å²) in [7, 11) is -3.89. The van der Waals surface area contributed by atoms with Crippen LogP contribution >= 0.6 is 0 Å². The molecule has 1 aromatic carbocycles. The Labute approximate surface area is 106 Å². The average molecular weight is 276 g/mol. The zero-order valence-corrected chi connectivity index (χ0v) is 10.9. The molecule has 5 nitrogen and oxygen atoms in total. The van der Waals surface area contributed by atoms with Gasteiger partial charge in [0.2, 0.25) is 10.0 Å². The predicted molar refractivity (Wildman–Crippen MR) is 67.2 cm³/mol. The highest BCUT2D eigenvalue weighted by atomic mass is 32.2. The highest BCUT2D eigenvalue weighted by Gasteiger charge is 2.11. The van der Waals surface area contributed by atoms with Crippen LogP contribution in [0.25, 0.3) is 0 Å². The van der Waals surface area contributed by atoms with Gasteiger partial charge in [0.1, 0.15) is 5.82 Å². The SMILES string of the molecule is CCC(O)CCNc1ccc(S(N)(=O)=O)cc1F. The Morgan fingerprint density at radius 3 is 2.67 bits per heavy atom. The van der Waals surface area contributed by atoms with Gasteiger partial charge in [-0.2, -0.15) is 0 Å². The Morgan fingerprint density at radius 2 is 2.17 bits per heavy atom. The summed E-state index contributed by atoms with van der Waals surface area (Å²) < 4.78 is 35.5. The van der Waals surface area contributed by atoms with Crippen LogP contribution < -0.4 is 10.5 Å². The van der Waals surface area contributed by atoms with Crippen molar-refractivity contribution in [1.29, 1.82) is 0 Å². The van der Waals surface area contributed by atoms with Crippen LogP contribution in [-0.4, -0.2) is 26.2 Å². The molecule has 0 spiro atoms. The second kappa shape index (κ2) is 6.12. The lowest BCUT2D eigenvalue weighted by atomic mass is 10.2. The first-order valence-corrected chi connectivity index (χ1v) is 7.13. The maximum Gasteiger partial charge on any atom is 0.238 e. The van der Waals surface area contributed by atoms with E-state index in [0.29, 0.717) is 19.4 Å². The van der Waals surface area contributed by atoms with Crippen molar-refractivity contribution in [2.75, 3.05) is 11.9 Å². The van der Waals surface area contributed by atoms with Crippen molar-refractivity contribution >= 4 is 15.7 Å². The molecule has 1 aromatic rings. The first-order valence-electron chi connectivity index (χ1n) is 5.59. The van der Waals surface area contributed by atoms with E-state index >= 15 is 0 Å². The van der Waals surface area contributed by atoms with Gasteiger partial charge in [-0.05, 0) is 31.0 Å². The van der Waals surface area contributed by atoms with Crippen LogP contribution in [0.15, 0.2) is 23.1 Å². The largest absolute Gasteiger partial charge is 0.393 e. The van der Waals surface area contributed by atoms with Gasteiger partial charge in [0.15, 0.2) is 0 Å². The van der Waals surface area contributed by atoms with Crippen LogP contribution in [0.3, 0.4) is 0 Å². The molecule has 0 aliphatic rings. The molecule has 0 radical (unpaired) electrons. The van der Waals surface area contributed by atoms with Crippen molar-refractivity contribution < 1.29 is 17.9 Å². The summed E-state index contributed by atoms with van der Waals surface area (Å²) in [5.41, 5.74) is 0.186. The maximum absolute atomic E-state index is 13.5. The quantitative estimate of drug-likeness (QED) is 0.724. The summed E-state index contributed by atoms with van der Waals surface area (Å²) in [6.45, 7) is 2.26. The lowest BCUT2D eigenvalue weighted by Crippen LogP contribution is -2.14. The molecular weight excluding hydrogens is 259 g/mol. The van der Waals surface area contributed by atoms with Gasteiger partial charge in [0.05, 0.1) is 16.7 Å². The summed E-state index contributed by atoms with van der Waals surface area (Å²) in [5.74, 6) is -0.687. The summed E-state index contributed by atoms with van der Waals surface area (Å²) in [4.78, 5) is -0.265. The summed E-state index contributed by atoms with van der Waals surface area (Å²) in [6.07, 6.45) is 0.700. The fourth-order valence-electron chi connectivity index (χ4n) is 1.39.